The highest BCUT2D eigenvalue weighted by atomic mass is 35.5. The molecule has 0 radical (unpaired) electrons. The molecule has 8 nitrogen and oxygen atoms in total. The van der Waals surface area contributed by atoms with Crippen molar-refractivity contribution in [3.05, 3.63) is 57.5 Å². The van der Waals surface area contributed by atoms with Crippen LogP contribution in [0.4, 0.5) is 11.4 Å². The molecule has 1 atom stereocenters. The molecule has 2 N–H and O–H groups in total. The Labute approximate surface area is 177 Å². The molecule has 1 aromatic heterocycles. The van der Waals surface area contributed by atoms with E-state index in [1.54, 1.807) is 17.0 Å². The van der Waals surface area contributed by atoms with Gasteiger partial charge >= 0.3 is 17.6 Å². The van der Waals surface area contributed by atoms with Crippen molar-refractivity contribution in [3.63, 3.8) is 0 Å². The van der Waals surface area contributed by atoms with Gasteiger partial charge in [0.25, 0.3) is 0 Å². The number of nitrogens with one attached hydrogen (secondary N) is 2. The first-order valence-corrected chi connectivity index (χ1v) is 9.95. The second kappa shape index (κ2) is 7.87. The van der Waals surface area contributed by atoms with Gasteiger partial charge in [-0.05, 0) is 43.7 Å². The number of oxazole rings is 1. The highest BCUT2D eigenvalue weighted by Crippen LogP contribution is 2.25. The molecule has 1 aliphatic heterocycles. The summed E-state index contributed by atoms with van der Waals surface area (Å²) < 4.78 is 4.98. The van der Waals surface area contributed by atoms with Crippen LogP contribution in [0.3, 0.4) is 0 Å². The van der Waals surface area contributed by atoms with E-state index in [-0.39, 0.29) is 6.04 Å². The summed E-state index contributed by atoms with van der Waals surface area (Å²) in [5.41, 5.74) is 3.21. The van der Waals surface area contributed by atoms with E-state index in [9.17, 15) is 14.4 Å². The summed E-state index contributed by atoms with van der Waals surface area (Å²) in [6.07, 6.45) is 0. The lowest BCUT2D eigenvalue weighted by molar-refractivity contribution is -0.144. The van der Waals surface area contributed by atoms with E-state index in [4.69, 9.17) is 16.0 Å². The molecule has 0 unspecified atom stereocenters. The Morgan fingerprint density at radius 1 is 1.20 bits per heavy atom. The van der Waals surface area contributed by atoms with Crippen molar-refractivity contribution in [2.45, 2.75) is 19.9 Å². The number of nitrogens with zero attached hydrogens (tertiary/aromatic N) is 2. The smallest absolute Gasteiger partial charge is 0.408 e. The van der Waals surface area contributed by atoms with Gasteiger partial charge in [0.15, 0.2) is 5.58 Å². The Balaban J connectivity index is 1.42. The molecule has 4 rings (SSSR count). The van der Waals surface area contributed by atoms with E-state index in [1.807, 2.05) is 32.0 Å². The number of aromatic nitrogens is 1. The van der Waals surface area contributed by atoms with E-state index in [1.165, 1.54) is 6.07 Å². The predicted octanol–water partition coefficient (Wildman–Crippen LogP) is 2.76. The molecule has 0 spiro atoms. The number of piperazine rings is 1. The van der Waals surface area contributed by atoms with E-state index in [2.05, 4.69) is 15.2 Å². The average Bonchev–Trinajstić information content (AvgIpc) is 3.08. The van der Waals surface area contributed by atoms with Crippen molar-refractivity contribution in [1.29, 1.82) is 0 Å². The Morgan fingerprint density at radius 3 is 2.73 bits per heavy atom. The maximum atomic E-state index is 12.7. The van der Waals surface area contributed by atoms with E-state index >= 15 is 0 Å². The Hall–Kier alpha value is -3.26. The van der Waals surface area contributed by atoms with Crippen LogP contribution < -0.4 is 16.0 Å². The third-order valence-electron chi connectivity index (χ3n) is 5.28. The largest absolute Gasteiger partial charge is 0.417 e. The predicted molar refractivity (Wildman–Crippen MR) is 115 cm³/mol. The van der Waals surface area contributed by atoms with Gasteiger partial charge in [-0.25, -0.2) is 4.79 Å². The molecule has 2 heterocycles. The molecule has 2 amide bonds. The Morgan fingerprint density at radius 2 is 2.00 bits per heavy atom. The number of carbonyl (C=O) groups is 2. The van der Waals surface area contributed by atoms with Crippen LogP contribution in [0, 0.1) is 6.92 Å². The second-order valence-corrected chi connectivity index (χ2v) is 7.81. The van der Waals surface area contributed by atoms with Crippen LogP contribution in [0.2, 0.25) is 5.02 Å². The monoisotopic (exact) mass is 428 g/mol. The molecule has 0 aliphatic carbocycles. The minimum atomic E-state index is -0.731. The molecule has 156 valence electrons. The number of aromatic amines is 1. The summed E-state index contributed by atoms with van der Waals surface area (Å²) in [7, 11) is 0. The van der Waals surface area contributed by atoms with E-state index in [0.717, 1.165) is 11.3 Å². The highest BCUT2D eigenvalue weighted by molar-refractivity contribution is 6.39. The minimum absolute atomic E-state index is 0.151. The number of carbonyl (C=O) groups excluding carboxylic acids is 2. The number of H-pyrrole nitrogens is 1. The number of halogens is 1. The molecule has 0 bridgehead atoms. The van der Waals surface area contributed by atoms with Crippen molar-refractivity contribution in [2.75, 3.05) is 29.9 Å². The standard InChI is InChI=1S/C21H21ClN4O4/c1-12-3-5-15(10-16(12)22)25-7-8-26(13(2)11-25)20(28)19(27)23-14-4-6-17-18(9-14)30-21(29)24-17/h3-6,9-10,13H,7-8,11H2,1-2H3,(H,23,27)(H,24,29)/t13-/m1/s1. The number of fused-ring (bicyclic) bond motifs is 1. The number of hydrogen-bond donors (Lipinski definition) is 2. The first kappa shape index (κ1) is 20.0. The number of benzene rings is 2. The number of rotatable bonds is 2. The number of hydrogen-bond acceptors (Lipinski definition) is 5. The van der Waals surface area contributed by atoms with Gasteiger partial charge in [0.1, 0.15) is 0 Å². The number of amides is 2. The fraction of sp³-hybridized carbons (Fsp3) is 0.286. The van der Waals surface area contributed by atoms with Crippen LogP contribution in [-0.4, -0.2) is 47.4 Å². The maximum absolute atomic E-state index is 12.7. The zero-order valence-electron chi connectivity index (χ0n) is 16.6. The normalized spacial score (nSPS) is 16.7. The fourth-order valence-corrected chi connectivity index (χ4v) is 3.79. The van der Waals surface area contributed by atoms with Crippen molar-refractivity contribution in [2.24, 2.45) is 0 Å². The van der Waals surface area contributed by atoms with Crippen LogP contribution in [0.1, 0.15) is 12.5 Å². The zero-order chi connectivity index (χ0) is 21.4. The van der Waals surface area contributed by atoms with Crippen LogP contribution in [-0.2, 0) is 9.59 Å². The molecule has 0 saturated carbocycles. The molecule has 1 aliphatic rings. The van der Waals surface area contributed by atoms with Crippen LogP contribution >= 0.6 is 11.6 Å². The molecule has 2 aromatic carbocycles. The zero-order valence-corrected chi connectivity index (χ0v) is 17.3. The molecule has 1 saturated heterocycles. The maximum Gasteiger partial charge on any atom is 0.417 e. The summed E-state index contributed by atoms with van der Waals surface area (Å²) >= 11 is 6.23. The lowest BCUT2D eigenvalue weighted by atomic mass is 10.1. The summed E-state index contributed by atoms with van der Waals surface area (Å²) in [6.45, 7) is 5.48. The van der Waals surface area contributed by atoms with Gasteiger partial charge in [-0.3, -0.25) is 14.6 Å². The van der Waals surface area contributed by atoms with E-state index in [0.29, 0.717) is 41.4 Å². The molecule has 1 fully saturated rings. The molecular formula is C21H21ClN4O4. The lowest BCUT2D eigenvalue weighted by Gasteiger charge is -2.40. The Bertz CT molecular complexity index is 1190. The topological polar surface area (TPSA) is 98.6 Å². The first-order chi connectivity index (χ1) is 14.3. The van der Waals surface area contributed by atoms with E-state index < -0.39 is 17.6 Å². The highest BCUT2D eigenvalue weighted by Gasteiger charge is 2.31. The van der Waals surface area contributed by atoms with Gasteiger partial charge in [0.05, 0.1) is 5.52 Å². The summed E-state index contributed by atoms with van der Waals surface area (Å²) in [6, 6.07) is 10.5. The third-order valence-corrected chi connectivity index (χ3v) is 5.69. The molecule has 30 heavy (non-hydrogen) atoms. The van der Waals surface area contributed by atoms with Crippen molar-refractivity contribution >= 4 is 45.9 Å². The molecule has 9 heteroatoms. The van der Waals surface area contributed by atoms with Gasteiger partial charge in [0, 0.05) is 48.1 Å². The summed E-state index contributed by atoms with van der Waals surface area (Å²) in [5.74, 6) is -1.91. The van der Waals surface area contributed by atoms with Crippen LogP contribution in [0.5, 0.6) is 0 Å². The Kier molecular flexibility index (Phi) is 5.26. The summed E-state index contributed by atoms with van der Waals surface area (Å²) in [5, 5.41) is 3.28. The van der Waals surface area contributed by atoms with Gasteiger partial charge in [-0.1, -0.05) is 17.7 Å². The quantitative estimate of drug-likeness (QED) is 0.611. The van der Waals surface area contributed by atoms with Crippen molar-refractivity contribution in [3.8, 4) is 0 Å². The molecule has 3 aromatic rings. The van der Waals surface area contributed by atoms with Gasteiger partial charge in [-0.15, -0.1) is 0 Å². The lowest BCUT2D eigenvalue weighted by Crippen LogP contribution is -2.56. The third kappa shape index (κ3) is 3.91. The minimum Gasteiger partial charge on any atom is -0.408 e. The summed E-state index contributed by atoms with van der Waals surface area (Å²) in [4.78, 5) is 42.7. The fourth-order valence-electron chi connectivity index (χ4n) is 3.61. The van der Waals surface area contributed by atoms with Gasteiger partial charge in [0.2, 0.25) is 0 Å². The van der Waals surface area contributed by atoms with Gasteiger partial charge in [-0.2, -0.15) is 0 Å². The first-order valence-electron chi connectivity index (χ1n) is 9.58. The SMILES string of the molecule is Cc1ccc(N2CCN(C(=O)C(=O)Nc3ccc4[nH]c(=O)oc4c3)[C@H](C)C2)cc1Cl. The van der Waals surface area contributed by atoms with Crippen molar-refractivity contribution in [1.82, 2.24) is 9.88 Å². The van der Waals surface area contributed by atoms with Crippen molar-refractivity contribution < 1.29 is 14.0 Å². The average molecular weight is 429 g/mol. The second-order valence-electron chi connectivity index (χ2n) is 7.41. The number of anilines is 2. The van der Waals surface area contributed by atoms with Gasteiger partial charge < -0.3 is 19.5 Å². The number of aryl methyl sites for hydroxylation is 1. The van der Waals surface area contributed by atoms with Crippen LogP contribution in [0.25, 0.3) is 11.1 Å². The molecular weight excluding hydrogens is 408 g/mol. The van der Waals surface area contributed by atoms with Crippen LogP contribution in [0.15, 0.2) is 45.6 Å².